The number of aromatic nitrogens is 6. The molecule has 0 saturated heterocycles. The quantitative estimate of drug-likeness (QED) is 0.243. The van der Waals surface area contributed by atoms with Crippen LogP contribution in [0.25, 0.3) is 22.2 Å². The molecule has 0 aliphatic heterocycles. The van der Waals surface area contributed by atoms with Crippen molar-refractivity contribution >= 4 is 22.7 Å². The van der Waals surface area contributed by atoms with Crippen LogP contribution < -0.4 is 14.8 Å². The Balaban J connectivity index is 1.33. The number of likely N-dealkylation sites (N-methyl/N-ethyl adjacent to an activating group) is 1. The lowest BCUT2D eigenvalue weighted by Crippen LogP contribution is -2.19. The highest BCUT2D eigenvalue weighted by Crippen LogP contribution is 2.28. The van der Waals surface area contributed by atoms with Gasteiger partial charge in [0.15, 0.2) is 5.82 Å². The van der Waals surface area contributed by atoms with Gasteiger partial charge in [-0.15, -0.1) is 5.10 Å². The monoisotopic (exact) mass is 538 g/mol. The summed E-state index contributed by atoms with van der Waals surface area (Å²) in [5.41, 5.74) is 5.31. The van der Waals surface area contributed by atoms with Crippen molar-refractivity contribution in [2.24, 2.45) is 7.05 Å². The second kappa shape index (κ2) is 12.1. The summed E-state index contributed by atoms with van der Waals surface area (Å²) >= 11 is 0. The topological polar surface area (TPSA) is 103 Å². The molecule has 0 saturated carbocycles. The van der Waals surface area contributed by atoms with Crippen LogP contribution >= 0.6 is 0 Å². The zero-order valence-electron chi connectivity index (χ0n) is 23.5. The summed E-state index contributed by atoms with van der Waals surface area (Å²) in [6.45, 7) is 6.00. The third-order valence-corrected chi connectivity index (χ3v) is 6.34. The molecule has 4 aromatic heterocycles. The van der Waals surface area contributed by atoms with E-state index in [9.17, 15) is 0 Å². The van der Waals surface area contributed by atoms with Crippen molar-refractivity contribution in [3.05, 3.63) is 78.4 Å². The van der Waals surface area contributed by atoms with E-state index in [0.717, 1.165) is 51.5 Å². The second-order valence-electron chi connectivity index (χ2n) is 10.2. The van der Waals surface area contributed by atoms with Gasteiger partial charge >= 0.3 is 0 Å². The average molecular weight is 539 g/mol. The molecule has 40 heavy (non-hydrogen) atoms. The Hall–Kier alpha value is -4.57. The van der Waals surface area contributed by atoms with Crippen molar-refractivity contribution in [3.8, 4) is 22.6 Å². The number of benzene rings is 1. The van der Waals surface area contributed by atoms with E-state index in [2.05, 4.69) is 44.3 Å². The number of nitrogens with one attached hydrogen (secondary N) is 1. The summed E-state index contributed by atoms with van der Waals surface area (Å²) in [6.07, 6.45) is 5.60. The fourth-order valence-electron chi connectivity index (χ4n) is 4.15. The number of hydrogen-bond donors (Lipinski definition) is 1. The Morgan fingerprint density at radius 3 is 2.58 bits per heavy atom. The molecule has 206 valence electrons. The van der Waals surface area contributed by atoms with E-state index in [0.29, 0.717) is 30.8 Å². The summed E-state index contributed by atoms with van der Waals surface area (Å²) in [7, 11) is 5.94. The van der Waals surface area contributed by atoms with Crippen LogP contribution in [-0.2, 0) is 13.7 Å². The van der Waals surface area contributed by atoms with E-state index in [-0.39, 0.29) is 0 Å². The Labute approximate surface area is 234 Å². The van der Waals surface area contributed by atoms with E-state index in [1.54, 1.807) is 10.9 Å². The molecular formula is C30H34N8O2. The van der Waals surface area contributed by atoms with E-state index in [4.69, 9.17) is 14.5 Å². The third kappa shape index (κ3) is 6.70. The van der Waals surface area contributed by atoms with Crippen LogP contribution in [0.5, 0.6) is 11.5 Å². The number of anilines is 2. The van der Waals surface area contributed by atoms with Crippen LogP contribution in [0.3, 0.4) is 0 Å². The number of rotatable bonds is 11. The molecule has 4 heterocycles. The molecule has 10 heteroatoms. The number of nitrogens with zero attached hydrogens (tertiary/aromatic N) is 7. The van der Waals surface area contributed by atoms with Gasteiger partial charge in [-0.05, 0) is 62.0 Å². The van der Waals surface area contributed by atoms with Crippen molar-refractivity contribution in [2.45, 2.75) is 26.4 Å². The van der Waals surface area contributed by atoms with Gasteiger partial charge < -0.3 is 19.7 Å². The fraction of sp³-hybridized carbons (Fsp3) is 0.300. The number of pyridine rings is 2. The average Bonchev–Trinajstić information content (AvgIpc) is 3.32. The summed E-state index contributed by atoms with van der Waals surface area (Å²) < 4.78 is 13.7. The SMILES string of the molecule is CC(C)c1cnnc(Nc2ccc3ncc(-c4cn(C)nc4COc4cccc(OCCN(C)C)c4)cc3n2)c1. The van der Waals surface area contributed by atoms with E-state index < -0.39 is 0 Å². The van der Waals surface area contributed by atoms with Gasteiger partial charge in [0.2, 0.25) is 0 Å². The first kappa shape index (κ1) is 27.0. The van der Waals surface area contributed by atoms with Crippen LogP contribution in [0.15, 0.2) is 67.1 Å². The minimum absolute atomic E-state index is 0.301. The zero-order valence-corrected chi connectivity index (χ0v) is 23.5. The predicted molar refractivity (Wildman–Crippen MR) is 156 cm³/mol. The maximum atomic E-state index is 6.11. The lowest BCUT2D eigenvalue weighted by atomic mass is 10.1. The molecule has 0 aliphatic rings. The van der Waals surface area contributed by atoms with Crippen molar-refractivity contribution < 1.29 is 9.47 Å². The highest BCUT2D eigenvalue weighted by atomic mass is 16.5. The van der Waals surface area contributed by atoms with Gasteiger partial charge in [-0.3, -0.25) is 9.67 Å². The molecule has 1 aromatic carbocycles. The van der Waals surface area contributed by atoms with Gasteiger partial charge in [-0.1, -0.05) is 19.9 Å². The summed E-state index contributed by atoms with van der Waals surface area (Å²) in [5.74, 6) is 3.18. The van der Waals surface area contributed by atoms with Gasteiger partial charge in [-0.25, -0.2) is 4.98 Å². The largest absolute Gasteiger partial charge is 0.492 e. The van der Waals surface area contributed by atoms with Gasteiger partial charge in [0, 0.05) is 43.2 Å². The van der Waals surface area contributed by atoms with Gasteiger partial charge in [0.25, 0.3) is 0 Å². The van der Waals surface area contributed by atoms with Crippen molar-refractivity contribution in [1.29, 1.82) is 0 Å². The lowest BCUT2D eigenvalue weighted by Gasteiger charge is -2.12. The lowest BCUT2D eigenvalue weighted by molar-refractivity contribution is 0.258. The van der Waals surface area contributed by atoms with Crippen LogP contribution in [0.1, 0.15) is 31.0 Å². The molecule has 0 atom stereocenters. The molecule has 0 radical (unpaired) electrons. The van der Waals surface area contributed by atoms with Crippen LogP contribution in [0.4, 0.5) is 11.6 Å². The number of fused-ring (bicyclic) bond motifs is 1. The highest BCUT2D eigenvalue weighted by molar-refractivity contribution is 5.82. The molecule has 0 spiro atoms. The normalized spacial score (nSPS) is 11.4. The molecule has 5 rings (SSSR count). The van der Waals surface area contributed by atoms with Crippen molar-refractivity contribution in [2.75, 3.05) is 32.6 Å². The Morgan fingerprint density at radius 1 is 0.950 bits per heavy atom. The van der Waals surface area contributed by atoms with Gasteiger partial charge in [-0.2, -0.15) is 10.2 Å². The summed E-state index contributed by atoms with van der Waals surface area (Å²) in [6, 6.07) is 15.5. The van der Waals surface area contributed by atoms with E-state index >= 15 is 0 Å². The van der Waals surface area contributed by atoms with Gasteiger partial charge in [0.05, 0.1) is 17.2 Å². The Bertz CT molecular complexity index is 1600. The van der Waals surface area contributed by atoms with Crippen molar-refractivity contribution in [1.82, 2.24) is 34.8 Å². The van der Waals surface area contributed by atoms with Gasteiger partial charge in [0.1, 0.15) is 36.2 Å². The molecular weight excluding hydrogens is 504 g/mol. The molecule has 0 unspecified atom stereocenters. The molecule has 0 aliphatic carbocycles. The van der Waals surface area contributed by atoms with Crippen molar-refractivity contribution in [3.63, 3.8) is 0 Å². The third-order valence-electron chi connectivity index (χ3n) is 6.34. The molecule has 0 amide bonds. The van der Waals surface area contributed by atoms with E-state index in [1.807, 2.05) is 82.1 Å². The highest BCUT2D eigenvalue weighted by Gasteiger charge is 2.13. The number of aryl methyl sites for hydroxylation is 1. The first-order valence-electron chi connectivity index (χ1n) is 13.2. The van der Waals surface area contributed by atoms with Crippen LogP contribution in [0, 0.1) is 0 Å². The van der Waals surface area contributed by atoms with E-state index in [1.165, 1.54) is 0 Å². The summed E-state index contributed by atoms with van der Waals surface area (Å²) in [4.78, 5) is 11.5. The predicted octanol–water partition coefficient (Wildman–Crippen LogP) is 5.21. The Kier molecular flexibility index (Phi) is 8.16. The smallest absolute Gasteiger partial charge is 0.154 e. The first-order valence-corrected chi connectivity index (χ1v) is 13.2. The molecule has 0 fully saturated rings. The minimum atomic E-state index is 0.301. The summed E-state index contributed by atoms with van der Waals surface area (Å²) in [5, 5.41) is 16.2. The second-order valence-corrected chi connectivity index (χ2v) is 10.2. The molecule has 10 nitrogen and oxygen atoms in total. The van der Waals surface area contributed by atoms with Crippen LogP contribution in [-0.4, -0.2) is 62.1 Å². The molecule has 5 aromatic rings. The number of hydrogen-bond acceptors (Lipinski definition) is 9. The zero-order chi connectivity index (χ0) is 28.1. The standard InChI is InChI=1S/C30H34N8O2/c1-20(2)21-14-30(35-32-17-21)34-29-10-9-26-27(33-29)13-22(16-31-26)25-18-38(5)36-28(25)19-40-24-8-6-7-23(15-24)39-12-11-37(3)4/h6-10,13-18,20H,11-12,19H2,1-5H3,(H,33,34,35). The molecule has 1 N–H and O–H groups in total. The fourth-order valence-corrected chi connectivity index (χ4v) is 4.15. The maximum absolute atomic E-state index is 6.11. The maximum Gasteiger partial charge on any atom is 0.154 e. The minimum Gasteiger partial charge on any atom is -0.492 e. The molecule has 0 bridgehead atoms. The number of ether oxygens (including phenoxy) is 2. The first-order chi connectivity index (χ1) is 19.3. The van der Waals surface area contributed by atoms with Crippen LogP contribution in [0.2, 0.25) is 0 Å². The Morgan fingerprint density at radius 2 is 1.77 bits per heavy atom.